The van der Waals surface area contributed by atoms with Crippen LogP contribution in [0.25, 0.3) is 0 Å². The van der Waals surface area contributed by atoms with Gasteiger partial charge in [-0.25, -0.2) is 10.4 Å². The molecule has 148 valence electrons. The third-order valence-corrected chi connectivity index (χ3v) is 6.69. The Labute approximate surface area is 167 Å². The second-order valence-corrected chi connectivity index (χ2v) is 8.82. The minimum Gasteiger partial charge on any atom is -0.375 e. The second kappa shape index (κ2) is 10.5. The van der Waals surface area contributed by atoms with E-state index in [1.807, 2.05) is 0 Å². The predicted molar refractivity (Wildman–Crippen MR) is 105 cm³/mol. The Bertz CT molecular complexity index is 462. The van der Waals surface area contributed by atoms with Crippen molar-refractivity contribution in [1.29, 1.82) is 0 Å². The van der Waals surface area contributed by atoms with Crippen LogP contribution in [0.1, 0.15) is 44.9 Å². The number of hydrazine groups is 1. The Morgan fingerprint density at radius 1 is 1.12 bits per heavy atom. The predicted octanol–water partition coefficient (Wildman–Crippen LogP) is 2.67. The summed E-state index contributed by atoms with van der Waals surface area (Å²) < 4.78 is 12.3. The van der Waals surface area contributed by atoms with E-state index in [0.29, 0.717) is 24.0 Å². The van der Waals surface area contributed by atoms with E-state index in [1.165, 1.54) is 0 Å². The minimum atomic E-state index is 0.0357. The van der Waals surface area contributed by atoms with E-state index in [-0.39, 0.29) is 17.6 Å². The standard InChI is InChI=1S/C19H31Cl2N3O2/c1-2-9-25-19(11-24-13-22-12-23-24)17-8-7-16(10-18(17)21)26-15-5-3-14(20)4-6-15/h1,14-19,22-23H,3-13H2. The number of halogens is 2. The molecule has 0 aromatic heterocycles. The van der Waals surface area contributed by atoms with Gasteiger partial charge in [0.2, 0.25) is 0 Å². The van der Waals surface area contributed by atoms with Gasteiger partial charge in [0.15, 0.2) is 0 Å². The Morgan fingerprint density at radius 3 is 2.54 bits per heavy atom. The number of nitrogens with zero attached hydrogens (tertiary/aromatic N) is 1. The van der Waals surface area contributed by atoms with E-state index >= 15 is 0 Å². The van der Waals surface area contributed by atoms with Crippen LogP contribution in [0.4, 0.5) is 0 Å². The van der Waals surface area contributed by atoms with Crippen LogP contribution in [0.15, 0.2) is 0 Å². The zero-order chi connectivity index (χ0) is 18.4. The number of hydrogen-bond acceptors (Lipinski definition) is 5. The molecule has 1 aliphatic heterocycles. The van der Waals surface area contributed by atoms with Gasteiger partial charge in [-0.2, -0.15) is 0 Å². The fourth-order valence-corrected chi connectivity index (χ4v) is 5.04. The van der Waals surface area contributed by atoms with E-state index in [0.717, 1.165) is 64.8 Å². The molecule has 2 aliphatic carbocycles. The van der Waals surface area contributed by atoms with E-state index in [9.17, 15) is 0 Å². The number of nitrogens with one attached hydrogen (secondary N) is 2. The van der Waals surface area contributed by atoms with Crippen molar-refractivity contribution in [3.63, 3.8) is 0 Å². The summed E-state index contributed by atoms with van der Waals surface area (Å²) in [7, 11) is 0. The molecule has 3 fully saturated rings. The second-order valence-electron chi connectivity index (χ2n) is 7.64. The first-order valence-electron chi connectivity index (χ1n) is 9.83. The molecular weight excluding hydrogens is 373 g/mol. The van der Waals surface area contributed by atoms with Crippen molar-refractivity contribution in [2.75, 3.05) is 26.5 Å². The molecule has 4 unspecified atom stereocenters. The quantitative estimate of drug-likeness (QED) is 0.505. The minimum absolute atomic E-state index is 0.0357. The van der Waals surface area contributed by atoms with Gasteiger partial charge in [-0.1, -0.05) is 5.92 Å². The van der Waals surface area contributed by atoms with Crippen molar-refractivity contribution < 1.29 is 9.47 Å². The van der Waals surface area contributed by atoms with E-state index in [4.69, 9.17) is 39.1 Å². The molecule has 1 heterocycles. The Kier molecular flexibility index (Phi) is 8.33. The van der Waals surface area contributed by atoms with Gasteiger partial charge in [-0.3, -0.25) is 5.32 Å². The summed E-state index contributed by atoms with van der Waals surface area (Å²) >= 11 is 13.0. The van der Waals surface area contributed by atoms with Gasteiger partial charge in [0, 0.05) is 23.2 Å². The van der Waals surface area contributed by atoms with Crippen molar-refractivity contribution in [2.24, 2.45) is 5.92 Å². The van der Waals surface area contributed by atoms with Gasteiger partial charge in [0.1, 0.15) is 6.61 Å². The zero-order valence-corrected chi connectivity index (χ0v) is 16.9. The molecule has 4 atom stereocenters. The van der Waals surface area contributed by atoms with Crippen molar-refractivity contribution in [3.8, 4) is 12.3 Å². The third kappa shape index (κ3) is 5.97. The Balaban J connectivity index is 1.49. The lowest BCUT2D eigenvalue weighted by molar-refractivity contribution is -0.0685. The largest absolute Gasteiger partial charge is 0.375 e. The normalized spacial score (nSPS) is 37.3. The average molecular weight is 404 g/mol. The fraction of sp³-hybridized carbons (Fsp3) is 0.895. The first kappa shape index (κ1) is 20.7. The van der Waals surface area contributed by atoms with Crippen molar-refractivity contribution in [3.05, 3.63) is 0 Å². The highest BCUT2D eigenvalue weighted by atomic mass is 35.5. The van der Waals surface area contributed by atoms with Crippen LogP contribution in [0, 0.1) is 18.3 Å². The Morgan fingerprint density at radius 2 is 1.88 bits per heavy atom. The van der Waals surface area contributed by atoms with E-state index in [1.54, 1.807) is 0 Å². The van der Waals surface area contributed by atoms with Crippen molar-refractivity contribution >= 4 is 23.2 Å². The molecule has 1 saturated heterocycles. The summed E-state index contributed by atoms with van der Waals surface area (Å²) in [5.74, 6) is 2.89. The molecule has 2 saturated carbocycles. The fourth-order valence-electron chi connectivity index (χ4n) is 4.30. The maximum Gasteiger partial charge on any atom is 0.107 e. The molecule has 0 spiro atoms. The van der Waals surface area contributed by atoms with Gasteiger partial charge >= 0.3 is 0 Å². The summed E-state index contributed by atoms with van der Waals surface area (Å²) in [6.07, 6.45) is 13.2. The summed E-state index contributed by atoms with van der Waals surface area (Å²) in [5, 5.41) is 5.78. The summed E-state index contributed by atoms with van der Waals surface area (Å²) in [6, 6.07) is 0. The SMILES string of the molecule is C#CCOC(CN1CNCN1)C1CCC(OC2CCC(Cl)CC2)CC1Cl. The zero-order valence-electron chi connectivity index (χ0n) is 15.3. The lowest BCUT2D eigenvalue weighted by Crippen LogP contribution is -2.47. The van der Waals surface area contributed by atoms with E-state index in [2.05, 4.69) is 21.7 Å². The Hall–Kier alpha value is -0.0600. The van der Waals surface area contributed by atoms with Gasteiger partial charge < -0.3 is 9.47 Å². The molecule has 2 N–H and O–H groups in total. The molecule has 0 bridgehead atoms. The molecule has 5 nitrogen and oxygen atoms in total. The third-order valence-electron chi connectivity index (χ3n) is 5.75. The number of hydrogen-bond donors (Lipinski definition) is 2. The van der Waals surface area contributed by atoms with Crippen LogP contribution >= 0.6 is 23.2 Å². The lowest BCUT2D eigenvalue weighted by Gasteiger charge is -2.39. The molecule has 0 amide bonds. The molecule has 0 radical (unpaired) electrons. The highest BCUT2D eigenvalue weighted by Gasteiger charge is 2.37. The summed E-state index contributed by atoms with van der Waals surface area (Å²) in [6.45, 7) is 2.71. The highest BCUT2D eigenvalue weighted by molar-refractivity contribution is 6.21. The van der Waals surface area contributed by atoms with Crippen LogP contribution in [0.2, 0.25) is 0 Å². The van der Waals surface area contributed by atoms with Crippen LogP contribution in [0.5, 0.6) is 0 Å². The molecule has 26 heavy (non-hydrogen) atoms. The lowest BCUT2D eigenvalue weighted by atomic mass is 9.82. The first-order valence-corrected chi connectivity index (χ1v) is 10.7. The van der Waals surface area contributed by atoms with E-state index < -0.39 is 0 Å². The topological polar surface area (TPSA) is 45.8 Å². The number of ether oxygens (including phenoxy) is 2. The van der Waals surface area contributed by atoms with Crippen LogP contribution in [0.3, 0.4) is 0 Å². The highest BCUT2D eigenvalue weighted by Crippen LogP contribution is 2.36. The molecule has 7 heteroatoms. The first-order chi connectivity index (χ1) is 12.7. The van der Waals surface area contributed by atoms with Crippen molar-refractivity contribution in [1.82, 2.24) is 15.8 Å². The molecular formula is C19H31Cl2N3O2. The molecule has 0 aromatic carbocycles. The van der Waals surface area contributed by atoms with Gasteiger partial charge in [0.05, 0.1) is 31.6 Å². The number of terminal acetylenes is 1. The van der Waals surface area contributed by atoms with Gasteiger partial charge in [-0.15, -0.1) is 29.6 Å². The van der Waals surface area contributed by atoms with Crippen LogP contribution in [-0.2, 0) is 9.47 Å². The van der Waals surface area contributed by atoms with Crippen LogP contribution < -0.4 is 10.7 Å². The van der Waals surface area contributed by atoms with Gasteiger partial charge in [0.25, 0.3) is 0 Å². The average Bonchev–Trinajstić information content (AvgIpc) is 3.14. The monoisotopic (exact) mass is 403 g/mol. The van der Waals surface area contributed by atoms with Gasteiger partial charge in [-0.05, 0) is 44.9 Å². The molecule has 0 aromatic rings. The number of alkyl halides is 2. The molecule has 3 aliphatic rings. The number of rotatable bonds is 7. The molecule has 3 rings (SSSR count). The smallest absolute Gasteiger partial charge is 0.107 e. The van der Waals surface area contributed by atoms with Crippen LogP contribution in [-0.4, -0.2) is 60.6 Å². The summed E-state index contributed by atoms with van der Waals surface area (Å²) in [4.78, 5) is 0. The maximum absolute atomic E-state index is 6.79. The summed E-state index contributed by atoms with van der Waals surface area (Å²) in [5.41, 5.74) is 3.30. The maximum atomic E-state index is 6.79. The van der Waals surface area contributed by atoms with Crippen molar-refractivity contribution in [2.45, 2.75) is 74.0 Å².